The van der Waals surface area contributed by atoms with Gasteiger partial charge in [0.1, 0.15) is 0 Å². The second-order valence-corrected chi connectivity index (χ2v) is 14.5. The summed E-state index contributed by atoms with van der Waals surface area (Å²) in [6, 6.07) is 5.32. The highest BCUT2D eigenvalue weighted by Crippen LogP contribution is 2.38. The number of hydrogen-bond acceptors (Lipinski definition) is 7. The van der Waals surface area contributed by atoms with E-state index in [9.17, 15) is 18.0 Å². The number of carbonyl (C=O) groups excluding carboxylic acids is 2. The molecule has 1 aromatic heterocycles. The van der Waals surface area contributed by atoms with Crippen molar-refractivity contribution >= 4 is 27.7 Å². The number of nitrogens with zero attached hydrogens (tertiary/aromatic N) is 5. The van der Waals surface area contributed by atoms with Gasteiger partial charge in [-0.1, -0.05) is 0 Å². The zero-order valence-corrected chi connectivity index (χ0v) is 25.5. The van der Waals surface area contributed by atoms with Crippen LogP contribution in [0, 0.1) is 12.8 Å². The van der Waals surface area contributed by atoms with E-state index >= 15 is 0 Å². The van der Waals surface area contributed by atoms with Gasteiger partial charge in [-0.25, -0.2) is 4.68 Å². The number of amides is 2. The Labute approximate surface area is 247 Å². The summed E-state index contributed by atoms with van der Waals surface area (Å²) in [6.07, 6.45) is 4.19. The molecule has 42 heavy (non-hydrogen) atoms. The number of primary amides is 1. The molecule has 2 saturated heterocycles. The van der Waals surface area contributed by atoms with E-state index in [-0.39, 0.29) is 17.5 Å². The topological polar surface area (TPSA) is 143 Å². The molecule has 2 aromatic rings. The first-order valence-electron chi connectivity index (χ1n) is 14.9. The Morgan fingerprint density at radius 3 is 2.40 bits per heavy atom. The monoisotopic (exact) mass is 599 g/mol. The average molecular weight is 600 g/mol. The number of hydrogen-bond donors (Lipinski definition) is 2. The first-order chi connectivity index (χ1) is 20.0. The van der Waals surface area contributed by atoms with Crippen LogP contribution in [0.4, 0.5) is 5.69 Å². The van der Waals surface area contributed by atoms with Crippen LogP contribution in [0.2, 0.25) is 0 Å². The molecule has 3 aliphatic heterocycles. The van der Waals surface area contributed by atoms with Gasteiger partial charge < -0.3 is 20.7 Å². The number of nitrogens with two attached hydrogens (primary N) is 1. The van der Waals surface area contributed by atoms with E-state index in [1.54, 1.807) is 6.07 Å². The Kier molecular flexibility index (Phi) is 7.57. The molecule has 0 bridgehead atoms. The lowest BCUT2D eigenvalue weighted by Crippen LogP contribution is -2.53. The van der Waals surface area contributed by atoms with Crippen molar-refractivity contribution in [3.05, 3.63) is 40.7 Å². The van der Waals surface area contributed by atoms with Crippen LogP contribution < -0.4 is 11.1 Å². The van der Waals surface area contributed by atoms with Gasteiger partial charge in [-0.2, -0.15) is 22.1 Å². The molecule has 0 unspecified atom stereocenters. The number of rotatable bonds is 8. The fourth-order valence-electron chi connectivity index (χ4n) is 6.42. The van der Waals surface area contributed by atoms with Gasteiger partial charge in [0.2, 0.25) is 0 Å². The molecule has 228 valence electrons. The molecule has 3 fully saturated rings. The minimum absolute atomic E-state index is 0.0304. The van der Waals surface area contributed by atoms with E-state index in [4.69, 9.17) is 15.6 Å². The number of aryl methyl sites for hydroxylation is 1. The highest BCUT2D eigenvalue weighted by atomic mass is 32.2. The van der Waals surface area contributed by atoms with Crippen molar-refractivity contribution in [3.63, 3.8) is 0 Å². The number of anilines is 1. The summed E-state index contributed by atoms with van der Waals surface area (Å²) in [5, 5.41) is 8.26. The first-order valence-corrected chi connectivity index (χ1v) is 16.3. The number of nitrogens with one attached hydrogen (secondary N) is 1. The molecule has 4 heterocycles. The molecule has 0 radical (unpaired) electrons. The van der Waals surface area contributed by atoms with Crippen LogP contribution >= 0.6 is 0 Å². The van der Waals surface area contributed by atoms with Gasteiger partial charge in [-0.05, 0) is 70.6 Å². The highest BCUT2D eigenvalue weighted by Gasteiger charge is 2.44. The number of aromatic nitrogens is 2. The predicted molar refractivity (Wildman–Crippen MR) is 158 cm³/mol. The molecule has 1 saturated carbocycles. The Morgan fingerprint density at radius 2 is 1.76 bits per heavy atom. The summed E-state index contributed by atoms with van der Waals surface area (Å²) in [4.78, 5) is 28.1. The lowest BCUT2D eigenvalue weighted by Gasteiger charge is -2.42. The molecular weight excluding hydrogens is 558 g/mol. The third kappa shape index (κ3) is 5.43. The van der Waals surface area contributed by atoms with Crippen LogP contribution in [0.5, 0.6) is 0 Å². The summed E-state index contributed by atoms with van der Waals surface area (Å²) < 4.78 is 36.3. The number of benzene rings is 1. The lowest BCUT2D eigenvalue weighted by molar-refractivity contribution is 0.0487. The second-order valence-electron chi connectivity index (χ2n) is 12.6. The van der Waals surface area contributed by atoms with Crippen LogP contribution in [-0.2, 0) is 21.4 Å². The van der Waals surface area contributed by atoms with Gasteiger partial charge in [0.25, 0.3) is 22.0 Å². The van der Waals surface area contributed by atoms with E-state index in [0.717, 1.165) is 17.9 Å². The van der Waals surface area contributed by atoms with Gasteiger partial charge in [-0.3, -0.25) is 9.59 Å². The van der Waals surface area contributed by atoms with E-state index < -0.39 is 16.1 Å². The van der Waals surface area contributed by atoms with Crippen molar-refractivity contribution in [2.75, 3.05) is 51.3 Å². The van der Waals surface area contributed by atoms with Crippen molar-refractivity contribution < 1.29 is 22.7 Å². The quantitative estimate of drug-likeness (QED) is 0.472. The summed E-state index contributed by atoms with van der Waals surface area (Å²) in [5.41, 5.74) is 9.28. The molecule has 0 atom stereocenters. The van der Waals surface area contributed by atoms with Crippen molar-refractivity contribution in [1.29, 1.82) is 0 Å². The molecule has 13 heteroatoms. The second kappa shape index (κ2) is 10.9. The van der Waals surface area contributed by atoms with Crippen LogP contribution in [0.15, 0.2) is 18.2 Å². The highest BCUT2D eigenvalue weighted by molar-refractivity contribution is 7.86. The summed E-state index contributed by atoms with van der Waals surface area (Å²) in [6.45, 7) is 9.18. The van der Waals surface area contributed by atoms with Gasteiger partial charge in [0, 0.05) is 56.4 Å². The van der Waals surface area contributed by atoms with Gasteiger partial charge in [0.05, 0.1) is 41.4 Å². The smallest absolute Gasteiger partial charge is 0.282 e. The van der Waals surface area contributed by atoms with Crippen molar-refractivity contribution in [2.45, 2.75) is 64.5 Å². The van der Waals surface area contributed by atoms with Crippen LogP contribution in [-0.4, -0.2) is 101 Å². The fraction of sp³-hybridized carbons (Fsp3) is 0.621. The van der Waals surface area contributed by atoms with Crippen LogP contribution in [0.1, 0.15) is 71.6 Å². The number of morpholine rings is 1. The zero-order chi connectivity index (χ0) is 29.8. The minimum Gasteiger partial charge on any atom is -0.382 e. The maximum absolute atomic E-state index is 13.7. The Morgan fingerprint density at radius 1 is 1.10 bits per heavy atom. The van der Waals surface area contributed by atoms with Crippen molar-refractivity contribution in [2.24, 2.45) is 11.7 Å². The SMILES string of the molecule is Cc1nn(-c2ccc(C(N)=O)c(NC3CCN(S(=O)(=O)N4CCOCC4)CC3)c2)c2c1C(=O)N(CC1CC1)C(C)(C)C2. The molecule has 3 N–H and O–H groups in total. The Bertz CT molecular complexity index is 1490. The summed E-state index contributed by atoms with van der Waals surface area (Å²) in [7, 11) is -3.53. The Balaban J connectivity index is 1.23. The van der Waals surface area contributed by atoms with E-state index in [1.807, 2.05) is 28.6 Å². The molecule has 1 aliphatic carbocycles. The van der Waals surface area contributed by atoms with E-state index in [2.05, 4.69) is 19.2 Å². The van der Waals surface area contributed by atoms with E-state index in [0.29, 0.717) is 87.1 Å². The molecule has 0 spiro atoms. The Hall–Kier alpha value is -3.00. The number of ether oxygens (including phenoxy) is 1. The van der Waals surface area contributed by atoms with Crippen LogP contribution in [0.25, 0.3) is 5.69 Å². The third-order valence-corrected chi connectivity index (χ3v) is 11.1. The molecule has 6 rings (SSSR count). The zero-order valence-electron chi connectivity index (χ0n) is 24.6. The molecule has 4 aliphatic rings. The third-order valence-electron chi connectivity index (χ3n) is 9.03. The largest absolute Gasteiger partial charge is 0.382 e. The molecule has 1 aromatic carbocycles. The number of carbonyl (C=O) groups is 2. The van der Waals surface area contributed by atoms with Crippen molar-refractivity contribution in [1.82, 2.24) is 23.3 Å². The average Bonchev–Trinajstić information content (AvgIpc) is 3.73. The normalized spacial score (nSPS) is 22.3. The lowest BCUT2D eigenvalue weighted by atomic mass is 9.87. The first kappa shape index (κ1) is 29.1. The number of fused-ring (bicyclic) bond motifs is 1. The molecular formula is C29H41N7O5S. The van der Waals surface area contributed by atoms with Crippen molar-refractivity contribution in [3.8, 4) is 5.69 Å². The summed E-state index contributed by atoms with van der Waals surface area (Å²) >= 11 is 0. The van der Waals surface area contributed by atoms with E-state index in [1.165, 1.54) is 21.5 Å². The standard InChI is InChI=1S/C29H41N7O5S/c1-19-26-25(17-29(2,3)35(28(26)38)18-20-4-5-20)36(32-19)22-6-7-23(27(30)37)24(16-22)31-21-8-10-33(11-9-21)42(39,40)34-12-14-41-15-13-34/h6-7,16,20-21,31H,4-5,8-15,17-18H2,1-3H3,(H2,30,37). The van der Waals surface area contributed by atoms with Crippen LogP contribution in [0.3, 0.4) is 0 Å². The predicted octanol–water partition coefficient (Wildman–Crippen LogP) is 1.92. The summed E-state index contributed by atoms with van der Waals surface area (Å²) in [5.74, 6) is 0.0660. The molecule has 12 nitrogen and oxygen atoms in total. The number of piperidine rings is 1. The fourth-order valence-corrected chi connectivity index (χ4v) is 8.03. The maximum Gasteiger partial charge on any atom is 0.282 e. The van der Waals surface area contributed by atoms with Gasteiger partial charge in [-0.15, -0.1) is 0 Å². The molecule has 2 amide bonds. The minimum atomic E-state index is -3.53. The van der Waals surface area contributed by atoms with Gasteiger partial charge in [0.15, 0.2) is 0 Å². The van der Waals surface area contributed by atoms with Gasteiger partial charge >= 0.3 is 0 Å². The maximum atomic E-state index is 13.7.